The van der Waals surface area contributed by atoms with Crippen LogP contribution in [-0.4, -0.2) is 44.7 Å². The molecule has 0 saturated carbocycles. The van der Waals surface area contributed by atoms with E-state index in [4.69, 9.17) is 16.7 Å². The van der Waals surface area contributed by atoms with Gasteiger partial charge in [0.25, 0.3) is 0 Å². The molecule has 2 rings (SSSR count). The molecule has 1 unspecified atom stereocenters. The maximum Gasteiger partial charge on any atom is 0.407 e. The van der Waals surface area contributed by atoms with Gasteiger partial charge in [0, 0.05) is 24.7 Å². The first-order chi connectivity index (χ1) is 11.2. The van der Waals surface area contributed by atoms with Gasteiger partial charge in [0.2, 0.25) is 0 Å². The van der Waals surface area contributed by atoms with E-state index < -0.39 is 29.3 Å². The summed E-state index contributed by atoms with van der Waals surface area (Å²) in [7, 11) is 0. The zero-order chi connectivity index (χ0) is 18.1. The van der Waals surface area contributed by atoms with Crippen molar-refractivity contribution in [1.82, 2.24) is 9.88 Å². The minimum atomic E-state index is -1.13. The largest absolute Gasteiger partial charge is 0.481 e. The fourth-order valence-corrected chi connectivity index (χ4v) is 3.58. The second-order valence-electron chi connectivity index (χ2n) is 6.27. The summed E-state index contributed by atoms with van der Waals surface area (Å²) in [6, 6.07) is 1.12. The Morgan fingerprint density at radius 1 is 1.50 bits per heavy atom. The zero-order valence-corrected chi connectivity index (χ0v) is 14.3. The number of halogens is 2. The van der Waals surface area contributed by atoms with E-state index in [9.17, 15) is 19.1 Å². The number of aryl methyl sites for hydroxylation is 1. The Balaban J connectivity index is 2.32. The third kappa shape index (κ3) is 3.45. The molecule has 24 heavy (non-hydrogen) atoms. The van der Waals surface area contributed by atoms with Gasteiger partial charge in [0.15, 0.2) is 11.0 Å². The average Bonchev–Trinajstić information content (AvgIpc) is 2.50. The van der Waals surface area contributed by atoms with Crippen LogP contribution < -0.4 is 0 Å². The second kappa shape index (κ2) is 6.93. The van der Waals surface area contributed by atoms with Crippen LogP contribution in [0.4, 0.5) is 9.18 Å². The molecular weight excluding hydrogens is 339 g/mol. The van der Waals surface area contributed by atoms with Gasteiger partial charge >= 0.3 is 12.1 Å². The minimum Gasteiger partial charge on any atom is -0.481 e. The first kappa shape index (κ1) is 18.4. The summed E-state index contributed by atoms with van der Waals surface area (Å²) < 4.78 is 13.8. The van der Waals surface area contributed by atoms with E-state index in [-0.39, 0.29) is 31.0 Å². The van der Waals surface area contributed by atoms with Crippen LogP contribution in [0.25, 0.3) is 0 Å². The van der Waals surface area contributed by atoms with Crippen molar-refractivity contribution in [2.24, 2.45) is 5.41 Å². The molecule has 0 bridgehead atoms. The molecule has 1 amide bonds. The van der Waals surface area contributed by atoms with Crippen LogP contribution in [0.2, 0.25) is 5.15 Å². The number of rotatable bonds is 4. The average molecular weight is 359 g/mol. The first-order valence-corrected chi connectivity index (χ1v) is 8.14. The highest BCUT2D eigenvalue weighted by atomic mass is 35.5. The number of amides is 1. The maximum absolute atomic E-state index is 13.8. The lowest BCUT2D eigenvalue weighted by Crippen LogP contribution is -2.51. The summed E-state index contributed by atoms with van der Waals surface area (Å²) in [5.74, 6) is -1.58. The molecule has 1 aliphatic heterocycles. The Hall–Kier alpha value is -1.89. The number of likely N-dealkylation sites (tertiary alicyclic amines) is 1. The molecule has 1 aromatic heterocycles. The zero-order valence-electron chi connectivity index (χ0n) is 13.6. The number of nitrogens with zero attached hydrogens (tertiary/aromatic N) is 2. The van der Waals surface area contributed by atoms with Gasteiger partial charge in [-0.2, -0.15) is 0 Å². The van der Waals surface area contributed by atoms with E-state index in [1.807, 2.05) is 0 Å². The normalized spacial score (nSPS) is 24.0. The molecule has 0 radical (unpaired) electrons. The monoisotopic (exact) mass is 358 g/mol. The van der Waals surface area contributed by atoms with E-state index in [1.54, 1.807) is 19.9 Å². The SMILES string of the molecule is CCc1cc(CC2(C(=O)O)CCN(C(=O)O)[C@H](C)C2)nc(Cl)c1F. The van der Waals surface area contributed by atoms with Gasteiger partial charge < -0.3 is 15.1 Å². The number of carboxylic acid groups (broad SMARTS) is 2. The molecule has 8 heteroatoms. The van der Waals surface area contributed by atoms with Gasteiger partial charge in [-0.3, -0.25) is 4.79 Å². The molecule has 0 aromatic carbocycles. The predicted octanol–water partition coefficient (Wildman–Crippen LogP) is 3.21. The van der Waals surface area contributed by atoms with Crippen molar-refractivity contribution in [1.29, 1.82) is 0 Å². The van der Waals surface area contributed by atoms with Gasteiger partial charge in [0.1, 0.15) is 0 Å². The predicted molar refractivity (Wildman–Crippen MR) is 85.8 cm³/mol. The van der Waals surface area contributed by atoms with Crippen molar-refractivity contribution < 1.29 is 24.2 Å². The van der Waals surface area contributed by atoms with E-state index >= 15 is 0 Å². The number of pyridine rings is 1. The Morgan fingerprint density at radius 2 is 2.17 bits per heavy atom. The van der Waals surface area contributed by atoms with E-state index in [2.05, 4.69) is 4.98 Å². The topological polar surface area (TPSA) is 90.7 Å². The molecule has 0 aliphatic carbocycles. The number of carbonyl (C=O) groups is 2. The Kier molecular flexibility index (Phi) is 5.32. The van der Waals surface area contributed by atoms with Crippen LogP contribution >= 0.6 is 11.6 Å². The summed E-state index contributed by atoms with van der Waals surface area (Å²) in [5.41, 5.74) is -0.331. The molecule has 132 valence electrons. The smallest absolute Gasteiger partial charge is 0.407 e. The van der Waals surface area contributed by atoms with Gasteiger partial charge in [-0.05, 0) is 37.8 Å². The standard InChI is InChI=1S/C16H20ClFN2O4/c1-3-10-6-11(19-13(17)12(10)18)8-16(14(21)22)4-5-20(15(23)24)9(2)7-16/h6,9H,3-5,7-8H2,1-2H3,(H,21,22)(H,23,24)/t9-,16?/m1/s1. The number of aliphatic carboxylic acids is 1. The molecule has 1 fully saturated rings. The van der Waals surface area contributed by atoms with Crippen molar-refractivity contribution in [3.8, 4) is 0 Å². The van der Waals surface area contributed by atoms with Crippen molar-refractivity contribution in [3.63, 3.8) is 0 Å². The number of hydrogen-bond donors (Lipinski definition) is 2. The minimum absolute atomic E-state index is 0.0904. The molecular formula is C16H20ClFN2O4. The van der Waals surface area contributed by atoms with Crippen molar-refractivity contribution in [3.05, 3.63) is 28.3 Å². The number of aromatic nitrogens is 1. The van der Waals surface area contributed by atoms with Crippen LogP contribution in [0.15, 0.2) is 6.07 Å². The molecule has 0 spiro atoms. The van der Waals surface area contributed by atoms with Crippen molar-refractivity contribution >= 4 is 23.7 Å². The van der Waals surface area contributed by atoms with Gasteiger partial charge in [0.05, 0.1) is 5.41 Å². The van der Waals surface area contributed by atoms with Crippen LogP contribution in [0.3, 0.4) is 0 Å². The molecule has 2 heterocycles. The molecule has 2 N–H and O–H groups in total. The Bertz CT molecular complexity index is 670. The molecule has 1 aliphatic rings. The second-order valence-corrected chi connectivity index (χ2v) is 6.63. The summed E-state index contributed by atoms with van der Waals surface area (Å²) in [4.78, 5) is 28.3. The van der Waals surface area contributed by atoms with Crippen LogP contribution in [0.1, 0.15) is 37.9 Å². The fraction of sp³-hybridized carbons (Fsp3) is 0.562. The lowest BCUT2D eigenvalue weighted by atomic mass is 9.72. The lowest BCUT2D eigenvalue weighted by Gasteiger charge is -2.41. The number of piperidine rings is 1. The summed E-state index contributed by atoms with van der Waals surface area (Å²) in [6.07, 6.45) is -0.195. The van der Waals surface area contributed by atoms with Gasteiger partial charge in [-0.25, -0.2) is 14.2 Å². The van der Waals surface area contributed by atoms with Gasteiger partial charge in [-0.1, -0.05) is 18.5 Å². The summed E-state index contributed by atoms with van der Waals surface area (Å²) in [6.45, 7) is 3.60. The highest BCUT2D eigenvalue weighted by molar-refractivity contribution is 6.29. The number of carboxylic acids is 1. The molecule has 6 nitrogen and oxygen atoms in total. The molecule has 1 aromatic rings. The highest BCUT2D eigenvalue weighted by Gasteiger charge is 2.46. The van der Waals surface area contributed by atoms with Crippen molar-refractivity contribution in [2.75, 3.05) is 6.54 Å². The lowest BCUT2D eigenvalue weighted by molar-refractivity contribution is -0.153. The summed E-state index contributed by atoms with van der Waals surface area (Å²) >= 11 is 5.81. The molecule has 2 atom stereocenters. The van der Waals surface area contributed by atoms with Crippen LogP contribution in [0, 0.1) is 11.2 Å². The Labute approximate surface area is 144 Å². The van der Waals surface area contributed by atoms with E-state index in [0.29, 0.717) is 17.7 Å². The van der Waals surface area contributed by atoms with E-state index in [0.717, 1.165) is 0 Å². The van der Waals surface area contributed by atoms with Crippen LogP contribution in [0.5, 0.6) is 0 Å². The van der Waals surface area contributed by atoms with Crippen molar-refractivity contribution in [2.45, 2.75) is 45.6 Å². The highest BCUT2D eigenvalue weighted by Crippen LogP contribution is 2.38. The third-order valence-corrected chi connectivity index (χ3v) is 4.95. The fourth-order valence-electron chi connectivity index (χ4n) is 3.35. The third-order valence-electron chi connectivity index (χ3n) is 4.69. The van der Waals surface area contributed by atoms with E-state index in [1.165, 1.54) is 4.90 Å². The summed E-state index contributed by atoms with van der Waals surface area (Å²) in [5, 5.41) is 18.6. The molecule has 1 saturated heterocycles. The van der Waals surface area contributed by atoms with Crippen LogP contribution in [-0.2, 0) is 17.6 Å². The Morgan fingerprint density at radius 3 is 2.67 bits per heavy atom. The quantitative estimate of drug-likeness (QED) is 0.806. The first-order valence-electron chi connectivity index (χ1n) is 7.77. The number of hydrogen-bond acceptors (Lipinski definition) is 3. The van der Waals surface area contributed by atoms with Gasteiger partial charge in [-0.15, -0.1) is 0 Å². The maximum atomic E-state index is 13.8.